The Kier molecular flexibility index (Phi) is 4.36. The number of thiazole rings is 1. The Bertz CT molecular complexity index is 1600. The highest BCUT2D eigenvalue weighted by Gasteiger charge is 2.35. The van der Waals surface area contributed by atoms with Crippen molar-refractivity contribution in [3.8, 4) is 11.3 Å². The second-order valence-electron chi connectivity index (χ2n) is 7.94. The highest BCUT2D eigenvalue weighted by atomic mass is 32.2. The Balaban J connectivity index is 1.34. The summed E-state index contributed by atoms with van der Waals surface area (Å²) in [5, 5.41) is 3.26. The summed E-state index contributed by atoms with van der Waals surface area (Å²) in [5.41, 5.74) is 3.57. The van der Waals surface area contributed by atoms with Gasteiger partial charge >= 0.3 is 0 Å². The van der Waals surface area contributed by atoms with Crippen LogP contribution in [-0.2, 0) is 22.7 Å². The first-order valence-electron chi connectivity index (χ1n) is 10.4. The van der Waals surface area contributed by atoms with Gasteiger partial charge in [-0.1, -0.05) is 36.4 Å². The molecule has 3 aromatic carbocycles. The molecule has 0 saturated carbocycles. The van der Waals surface area contributed by atoms with Crippen molar-refractivity contribution in [3.05, 3.63) is 93.9 Å². The molecule has 1 N–H and O–H groups in total. The molecule has 0 fully saturated rings. The van der Waals surface area contributed by atoms with Crippen LogP contribution in [0, 0.1) is 0 Å². The Labute approximate surface area is 193 Å². The number of carbonyl (C=O) groups is 2. The number of sulfone groups is 1. The summed E-state index contributed by atoms with van der Waals surface area (Å²) in [4.78, 5) is 31.3. The van der Waals surface area contributed by atoms with Crippen LogP contribution in [0.4, 0.5) is 5.13 Å². The maximum Gasteiger partial charge on any atom is 0.257 e. The molecule has 162 valence electrons. The Morgan fingerprint density at radius 1 is 0.879 bits per heavy atom. The number of benzene rings is 3. The molecule has 0 bridgehead atoms. The zero-order valence-electron chi connectivity index (χ0n) is 17.2. The van der Waals surface area contributed by atoms with Gasteiger partial charge in [0.15, 0.2) is 10.9 Å². The van der Waals surface area contributed by atoms with Gasteiger partial charge in [-0.3, -0.25) is 14.9 Å². The molecule has 0 unspecified atom stereocenters. The maximum absolute atomic E-state index is 13.1. The van der Waals surface area contributed by atoms with Crippen molar-refractivity contribution in [2.45, 2.75) is 22.6 Å². The Morgan fingerprint density at radius 3 is 2.45 bits per heavy atom. The van der Waals surface area contributed by atoms with Crippen LogP contribution in [0.15, 0.2) is 76.5 Å². The molecular weight excluding hydrogens is 456 g/mol. The van der Waals surface area contributed by atoms with E-state index in [2.05, 4.69) is 16.4 Å². The molecule has 0 radical (unpaired) electrons. The van der Waals surface area contributed by atoms with Crippen molar-refractivity contribution < 1.29 is 18.0 Å². The number of nitrogens with one attached hydrogen (secondary N) is 1. The number of ketones is 1. The molecular formula is C25H16N2O4S2. The molecule has 4 aromatic rings. The monoisotopic (exact) mass is 472 g/mol. The van der Waals surface area contributed by atoms with Gasteiger partial charge < -0.3 is 0 Å². The van der Waals surface area contributed by atoms with Gasteiger partial charge in [-0.05, 0) is 48.7 Å². The molecule has 0 saturated heterocycles. The summed E-state index contributed by atoms with van der Waals surface area (Å²) >= 11 is 1.43. The summed E-state index contributed by atoms with van der Waals surface area (Å²) < 4.78 is 26.3. The fourth-order valence-corrected chi connectivity index (χ4v) is 7.05. The van der Waals surface area contributed by atoms with E-state index in [1.807, 2.05) is 18.2 Å². The van der Waals surface area contributed by atoms with Crippen LogP contribution < -0.4 is 5.32 Å². The molecule has 1 amide bonds. The lowest BCUT2D eigenvalue weighted by Crippen LogP contribution is -2.21. The van der Waals surface area contributed by atoms with E-state index in [1.165, 1.54) is 47.2 Å². The molecule has 6 nitrogen and oxygen atoms in total. The van der Waals surface area contributed by atoms with E-state index in [9.17, 15) is 18.0 Å². The second-order valence-corrected chi connectivity index (χ2v) is 10.9. The highest BCUT2D eigenvalue weighted by Crippen LogP contribution is 2.38. The summed E-state index contributed by atoms with van der Waals surface area (Å²) in [6.45, 7) is 0. The first-order chi connectivity index (χ1) is 15.9. The highest BCUT2D eigenvalue weighted by molar-refractivity contribution is 7.91. The summed E-state index contributed by atoms with van der Waals surface area (Å²) in [6.07, 6.45) is 1.79. The predicted molar refractivity (Wildman–Crippen MR) is 125 cm³/mol. The Morgan fingerprint density at radius 2 is 1.61 bits per heavy atom. The van der Waals surface area contributed by atoms with Crippen molar-refractivity contribution in [3.63, 3.8) is 0 Å². The van der Waals surface area contributed by atoms with Crippen molar-refractivity contribution in [2.24, 2.45) is 0 Å². The first-order valence-corrected chi connectivity index (χ1v) is 12.7. The first kappa shape index (κ1) is 20.0. The molecule has 1 aliphatic heterocycles. The SMILES string of the molecule is O=C(Nc1nc2c(s1)CCc1ccccc1-2)c1ccc2c(c1)S(=O)(=O)c1ccccc1C2=O. The summed E-state index contributed by atoms with van der Waals surface area (Å²) in [7, 11) is -3.91. The average molecular weight is 473 g/mol. The van der Waals surface area contributed by atoms with Crippen molar-refractivity contribution in [2.75, 3.05) is 5.32 Å². The number of aromatic nitrogens is 1. The largest absolute Gasteiger partial charge is 0.298 e. The van der Waals surface area contributed by atoms with Crippen LogP contribution in [0.5, 0.6) is 0 Å². The van der Waals surface area contributed by atoms with Crippen LogP contribution in [0.25, 0.3) is 11.3 Å². The molecule has 2 aliphatic rings. The third kappa shape index (κ3) is 3.06. The molecule has 1 aromatic heterocycles. The van der Waals surface area contributed by atoms with E-state index in [-0.39, 0.29) is 32.3 Å². The zero-order valence-corrected chi connectivity index (χ0v) is 18.8. The fraction of sp³-hybridized carbons (Fsp3) is 0.0800. The molecule has 1 aliphatic carbocycles. The van der Waals surface area contributed by atoms with Crippen LogP contribution in [0.1, 0.15) is 36.7 Å². The van der Waals surface area contributed by atoms with Crippen molar-refractivity contribution in [1.82, 2.24) is 4.98 Å². The third-order valence-corrected chi connectivity index (χ3v) is 8.89. The van der Waals surface area contributed by atoms with Crippen LogP contribution in [0.2, 0.25) is 0 Å². The number of nitrogens with zero attached hydrogens (tertiary/aromatic N) is 1. The number of aryl methyl sites for hydroxylation is 2. The van der Waals surface area contributed by atoms with Crippen molar-refractivity contribution in [1.29, 1.82) is 0 Å². The second kappa shape index (κ2) is 7.19. The predicted octanol–water partition coefficient (Wildman–Crippen LogP) is 4.54. The lowest BCUT2D eigenvalue weighted by Gasteiger charge is -2.19. The van der Waals surface area contributed by atoms with Gasteiger partial charge in [-0.15, -0.1) is 11.3 Å². The quantitative estimate of drug-likeness (QED) is 0.407. The number of fused-ring (bicyclic) bond motifs is 5. The topological polar surface area (TPSA) is 93.2 Å². The minimum absolute atomic E-state index is 0.0358. The van der Waals surface area contributed by atoms with Crippen LogP contribution >= 0.6 is 11.3 Å². The average Bonchev–Trinajstić information content (AvgIpc) is 3.25. The number of hydrogen-bond acceptors (Lipinski definition) is 6. The molecule has 8 heteroatoms. The molecule has 2 heterocycles. The molecule has 0 spiro atoms. The number of rotatable bonds is 2. The maximum atomic E-state index is 13.1. The van der Waals surface area contributed by atoms with E-state index in [4.69, 9.17) is 0 Å². The lowest BCUT2D eigenvalue weighted by molar-refractivity contribution is 0.101. The number of anilines is 1. The molecule has 33 heavy (non-hydrogen) atoms. The standard InChI is InChI=1S/C25H16N2O4S2/c28-23-17-7-3-4-8-20(17)33(30,31)21-13-15(9-11-18(21)23)24(29)27-25-26-22-16-6-2-1-5-14(16)10-12-19(22)32-25/h1-9,11,13H,10,12H2,(H,26,27,29). The van der Waals surface area contributed by atoms with Crippen LogP contribution in [0.3, 0.4) is 0 Å². The zero-order chi connectivity index (χ0) is 22.7. The van der Waals surface area contributed by atoms with Gasteiger partial charge in [0.1, 0.15) is 0 Å². The van der Waals surface area contributed by atoms with Crippen LogP contribution in [-0.4, -0.2) is 25.1 Å². The molecule has 6 rings (SSSR count). The van der Waals surface area contributed by atoms with E-state index in [0.717, 1.165) is 29.0 Å². The molecule has 0 atom stereocenters. The van der Waals surface area contributed by atoms with Crippen molar-refractivity contribution >= 4 is 38.0 Å². The lowest BCUT2D eigenvalue weighted by atomic mass is 9.94. The third-order valence-electron chi connectivity index (χ3n) is 6.01. The van der Waals surface area contributed by atoms with Gasteiger partial charge in [-0.2, -0.15) is 0 Å². The van der Waals surface area contributed by atoms with Gasteiger partial charge in [0.2, 0.25) is 9.84 Å². The smallest absolute Gasteiger partial charge is 0.257 e. The van der Waals surface area contributed by atoms with E-state index >= 15 is 0 Å². The van der Waals surface area contributed by atoms with E-state index in [0.29, 0.717) is 5.13 Å². The summed E-state index contributed by atoms with van der Waals surface area (Å²) in [5.74, 6) is -0.840. The van der Waals surface area contributed by atoms with Gasteiger partial charge in [0.05, 0.1) is 15.5 Å². The van der Waals surface area contributed by atoms with E-state index in [1.54, 1.807) is 12.1 Å². The van der Waals surface area contributed by atoms with E-state index < -0.39 is 15.7 Å². The minimum Gasteiger partial charge on any atom is -0.298 e. The van der Waals surface area contributed by atoms with Gasteiger partial charge in [0.25, 0.3) is 5.91 Å². The normalized spacial score (nSPS) is 15.1. The number of carbonyl (C=O) groups excluding carboxylic acids is 2. The Hall–Kier alpha value is -3.62. The fourth-order valence-electron chi connectivity index (χ4n) is 4.40. The number of hydrogen-bond donors (Lipinski definition) is 1. The summed E-state index contributed by atoms with van der Waals surface area (Å²) in [6, 6.07) is 18.4. The van der Waals surface area contributed by atoms with Gasteiger partial charge in [0, 0.05) is 27.1 Å². The number of amides is 1. The minimum atomic E-state index is -3.91. The van der Waals surface area contributed by atoms with Gasteiger partial charge in [-0.25, -0.2) is 13.4 Å².